The Hall–Kier alpha value is -4.46. The van der Waals surface area contributed by atoms with Crippen LogP contribution in [0.5, 0.6) is 0 Å². The van der Waals surface area contributed by atoms with Gasteiger partial charge in [-0.15, -0.1) is 0 Å². The number of nitrogens with two attached hydrogens (primary N) is 2. The molecule has 194 valence electrons. The summed E-state index contributed by atoms with van der Waals surface area (Å²) in [6.07, 6.45) is 0.250. The minimum absolute atomic E-state index is 0.0658. The van der Waals surface area contributed by atoms with Gasteiger partial charge in [0, 0.05) is 23.5 Å². The molecule has 0 saturated carbocycles. The molecule has 0 bridgehead atoms. The average molecular weight is 505 g/mol. The lowest BCUT2D eigenvalue weighted by Gasteiger charge is -2.23. The molecule has 0 aliphatic carbocycles. The monoisotopic (exact) mass is 504 g/mol. The fourth-order valence-corrected chi connectivity index (χ4v) is 3.37. The van der Waals surface area contributed by atoms with E-state index in [-0.39, 0.29) is 6.42 Å². The normalized spacial score (nSPS) is 14.2. The van der Waals surface area contributed by atoms with Gasteiger partial charge in [-0.05, 0) is 18.6 Å². The van der Waals surface area contributed by atoms with Crippen LogP contribution in [0.4, 0.5) is 0 Å². The molecule has 14 nitrogen and oxygen atoms in total. The average Bonchev–Trinajstić information content (AvgIpc) is 3.19. The third kappa shape index (κ3) is 7.80. The van der Waals surface area contributed by atoms with Gasteiger partial charge in [-0.25, -0.2) is 4.79 Å². The van der Waals surface area contributed by atoms with Crippen molar-refractivity contribution in [3.8, 4) is 0 Å². The number of hydrogen-bond acceptors (Lipinski definition) is 7. The number of amides is 4. The zero-order chi connectivity index (χ0) is 27.0. The predicted molar refractivity (Wildman–Crippen MR) is 125 cm³/mol. The quantitative estimate of drug-likeness (QED) is 0.149. The van der Waals surface area contributed by atoms with Gasteiger partial charge in [0.1, 0.15) is 18.1 Å². The summed E-state index contributed by atoms with van der Waals surface area (Å²) >= 11 is 0. The molecule has 1 heterocycles. The number of H-pyrrole nitrogens is 1. The van der Waals surface area contributed by atoms with Gasteiger partial charge in [-0.2, -0.15) is 0 Å². The van der Waals surface area contributed by atoms with Crippen molar-refractivity contribution in [3.63, 3.8) is 0 Å². The Morgan fingerprint density at radius 3 is 2.17 bits per heavy atom. The molecule has 1 aromatic carbocycles. The van der Waals surface area contributed by atoms with E-state index in [1.54, 1.807) is 30.5 Å². The zero-order valence-corrected chi connectivity index (χ0v) is 19.3. The first-order chi connectivity index (χ1) is 16.9. The molecule has 2 aromatic rings. The molecular formula is C22H28N6O8. The van der Waals surface area contributed by atoms with Gasteiger partial charge >= 0.3 is 11.9 Å². The van der Waals surface area contributed by atoms with Crippen LogP contribution in [0.25, 0.3) is 10.9 Å². The number of primary amides is 1. The van der Waals surface area contributed by atoms with E-state index in [2.05, 4.69) is 20.9 Å². The van der Waals surface area contributed by atoms with E-state index in [9.17, 15) is 33.9 Å². The summed E-state index contributed by atoms with van der Waals surface area (Å²) in [7, 11) is 0. The molecule has 0 saturated heterocycles. The minimum Gasteiger partial charge on any atom is -0.481 e. The predicted octanol–water partition coefficient (Wildman–Crippen LogP) is -2.05. The fraction of sp³-hybridized carbons (Fsp3) is 0.364. The molecular weight excluding hydrogens is 476 g/mol. The molecule has 0 spiro atoms. The van der Waals surface area contributed by atoms with Crippen LogP contribution in [-0.2, 0) is 35.2 Å². The van der Waals surface area contributed by atoms with Crippen molar-refractivity contribution in [2.75, 3.05) is 0 Å². The first-order valence-electron chi connectivity index (χ1n) is 10.8. The molecule has 10 N–H and O–H groups in total. The number of carboxylic acid groups (broad SMARTS) is 2. The molecule has 4 unspecified atom stereocenters. The van der Waals surface area contributed by atoms with Gasteiger partial charge in [0.15, 0.2) is 0 Å². The highest BCUT2D eigenvalue weighted by Gasteiger charge is 2.30. The second-order valence-electron chi connectivity index (χ2n) is 8.13. The van der Waals surface area contributed by atoms with Crippen molar-refractivity contribution >= 4 is 46.5 Å². The lowest BCUT2D eigenvalue weighted by Crippen LogP contribution is -2.57. The van der Waals surface area contributed by atoms with Crippen LogP contribution in [-0.4, -0.2) is 74.9 Å². The summed E-state index contributed by atoms with van der Waals surface area (Å²) in [5.41, 5.74) is 12.0. The zero-order valence-electron chi connectivity index (χ0n) is 19.3. The number of nitrogens with one attached hydrogen (secondary N) is 4. The second-order valence-corrected chi connectivity index (χ2v) is 8.13. The van der Waals surface area contributed by atoms with E-state index in [0.29, 0.717) is 5.56 Å². The Morgan fingerprint density at radius 2 is 1.56 bits per heavy atom. The van der Waals surface area contributed by atoms with Crippen LogP contribution in [0.3, 0.4) is 0 Å². The van der Waals surface area contributed by atoms with E-state index in [0.717, 1.165) is 10.9 Å². The van der Waals surface area contributed by atoms with Crippen LogP contribution >= 0.6 is 0 Å². The summed E-state index contributed by atoms with van der Waals surface area (Å²) in [6.45, 7) is 1.30. The lowest BCUT2D eigenvalue weighted by atomic mass is 10.0. The maximum atomic E-state index is 13.0. The van der Waals surface area contributed by atoms with Crippen molar-refractivity contribution in [2.45, 2.75) is 50.4 Å². The van der Waals surface area contributed by atoms with E-state index < -0.39 is 72.6 Å². The Labute approximate surface area is 204 Å². The number of aromatic nitrogens is 1. The molecule has 4 amide bonds. The van der Waals surface area contributed by atoms with Gasteiger partial charge < -0.3 is 42.6 Å². The van der Waals surface area contributed by atoms with Gasteiger partial charge in [-0.1, -0.05) is 18.2 Å². The van der Waals surface area contributed by atoms with Gasteiger partial charge in [-0.3, -0.25) is 24.0 Å². The number of para-hydroxylation sites is 1. The highest BCUT2D eigenvalue weighted by atomic mass is 16.4. The number of benzene rings is 1. The number of hydrogen-bond donors (Lipinski definition) is 8. The van der Waals surface area contributed by atoms with Crippen LogP contribution < -0.4 is 27.4 Å². The molecule has 2 rings (SSSR count). The maximum Gasteiger partial charge on any atom is 0.326 e. The molecule has 0 fully saturated rings. The maximum absolute atomic E-state index is 13.0. The van der Waals surface area contributed by atoms with E-state index >= 15 is 0 Å². The van der Waals surface area contributed by atoms with Crippen LogP contribution in [0, 0.1) is 0 Å². The highest BCUT2D eigenvalue weighted by molar-refractivity contribution is 5.95. The van der Waals surface area contributed by atoms with E-state index in [1.165, 1.54) is 6.92 Å². The summed E-state index contributed by atoms with van der Waals surface area (Å²) in [4.78, 5) is 74.3. The Balaban J connectivity index is 2.22. The first-order valence-corrected chi connectivity index (χ1v) is 10.8. The molecule has 0 radical (unpaired) electrons. The third-order valence-electron chi connectivity index (χ3n) is 5.24. The summed E-state index contributed by atoms with van der Waals surface area (Å²) in [5.74, 6) is -6.34. The van der Waals surface area contributed by atoms with Gasteiger partial charge in [0.25, 0.3) is 0 Å². The smallest absolute Gasteiger partial charge is 0.326 e. The topological polar surface area (TPSA) is 247 Å². The second kappa shape index (κ2) is 12.3. The number of carbonyl (C=O) groups is 6. The molecule has 4 atom stereocenters. The molecule has 0 aliphatic rings. The lowest BCUT2D eigenvalue weighted by molar-refractivity contribution is -0.143. The number of rotatable bonds is 13. The van der Waals surface area contributed by atoms with Crippen molar-refractivity contribution in [2.24, 2.45) is 11.5 Å². The van der Waals surface area contributed by atoms with Crippen LogP contribution in [0.1, 0.15) is 25.3 Å². The number of aliphatic carboxylic acids is 2. The highest BCUT2D eigenvalue weighted by Crippen LogP contribution is 2.19. The SMILES string of the molecule is CC(NC(=O)C(N)CC(=O)O)C(=O)NC(Cc1c[nH]c2ccccc12)C(=O)NC(CC(N)=O)C(=O)O. The number of carbonyl (C=O) groups excluding carboxylic acids is 4. The van der Waals surface area contributed by atoms with Crippen molar-refractivity contribution < 1.29 is 39.0 Å². The summed E-state index contributed by atoms with van der Waals surface area (Å²) in [5, 5.41) is 25.8. The van der Waals surface area contributed by atoms with E-state index in [1.807, 2.05) is 0 Å². The Morgan fingerprint density at radius 1 is 0.917 bits per heavy atom. The Kier molecular flexibility index (Phi) is 9.50. The largest absolute Gasteiger partial charge is 0.481 e. The minimum atomic E-state index is -1.62. The van der Waals surface area contributed by atoms with Crippen molar-refractivity contribution in [1.29, 1.82) is 0 Å². The van der Waals surface area contributed by atoms with Crippen LogP contribution in [0.15, 0.2) is 30.5 Å². The van der Waals surface area contributed by atoms with Crippen molar-refractivity contribution in [1.82, 2.24) is 20.9 Å². The molecule has 14 heteroatoms. The number of aromatic amines is 1. The summed E-state index contributed by atoms with van der Waals surface area (Å²) in [6, 6.07) is 1.63. The first kappa shape index (κ1) is 27.8. The van der Waals surface area contributed by atoms with Gasteiger partial charge in [0.05, 0.1) is 18.9 Å². The van der Waals surface area contributed by atoms with Gasteiger partial charge in [0.2, 0.25) is 23.6 Å². The van der Waals surface area contributed by atoms with E-state index in [4.69, 9.17) is 16.6 Å². The molecule has 36 heavy (non-hydrogen) atoms. The third-order valence-corrected chi connectivity index (χ3v) is 5.24. The fourth-order valence-electron chi connectivity index (χ4n) is 3.37. The Bertz CT molecular complexity index is 1160. The van der Waals surface area contributed by atoms with Crippen LogP contribution in [0.2, 0.25) is 0 Å². The standard InChI is InChI=1S/C22H28N6O8/c1-10(26-20(33)13(23)7-18(30)31)19(32)27-15(21(34)28-16(22(35)36)8-17(24)29)6-11-9-25-14-5-3-2-4-12(11)14/h2-5,9-10,13,15-16,25H,6-8,23H2,1H3,(H2,24,29)(H,26,33)(H,27,32)(H,28,34)(H,30,31)(H,35,36). The molecule has 1 aromatic heterocycles. The summed E-state index contributed by atoms with van der Waals surface area (Å²) < 4.78 is 0. The molecule has 0 aliphatic heterocycles. The number of fused-ring (bicyclic) bond motifs is 1. The number of carboxylic acids is 2. The van der Waals surface area contributed by atoms with Crippen molar-refractivity contribution in [3.05, 3.63) is 36.0 Å².